The van der Waals surface area contributed by atoms with E-state index in [2.05, 4.69) is 20.4 Å². The lowest BCUT2D eigenvalue weighted by atomic mass is 10.1. The number of amides is 2. The van der Waals surface area contributed by atoms with E-state index in [1.54, 1.807) is 0 Å². The molecule has 0 radical (unpaired) electrons. The second-order valence-corrected chi connectivity index (χ2v) is 7.78. The van der Waals surface area contributed by atoms with Gasteiger partial charge in [0.15, 0.2) is 0 Å². The molecule has 0 unspecified atom stereocenters. The van der Waals surface area contributed by atoms with E-state index in [9.17, 15) is 9.59 Å². The average Bonchev–Trinajstić information content (AvgIpc) is 2.77. The van der Waals surface area contributed by atoms with Gasteiger partial charge in [-0.15, -0.1) is 0 Å². The Morgan fingerprint density at radius 2 is 1.07 bits per heavy atom. The first-order chi connectivity index (χ1) is 14.7. The molecule has 8 nitrogen and oxygen atoms in total. The molecule has 0 spiro atoms. The third-order valence-corrected chi connectivity index (χ3v) is 5.46. The molecule has 2 aliphatic rings. The Bertz CT molecular complexity index is 599. The summed E-state index contributed by atoms with van der Waals surface area (Å²) in [6.07, 6.45) is 0.713. The van der Waals surface area contributed by atoms with Crippen LogP contribution in [-0.4, -0.2) is 100 Å². The van der Waals surface area contributed by atoms with Crippen molar-refractivity contribution in [2.24, 2.45) is 0 Å². The van der Waals surface area contributed by atoms with Gasteiger partial charge in [0.2, 0.25) is 11.8 Å². The molecule has 2 N–H and O–H groups in total. The van der Waals surface area contributed by atoms with Gasteiger partial charge in [-0.1, -0.05) is 24.3 Å². The van der Waals surface area contributed by atoms with Crippen LogP contribution in [0.25, 0.3) is 0 Å². The Hall–Kier alpha value is -2.00. The third-order valence-electron chi connectivity index (χ3n) is 5.46. The largest absolute Gasteiger partial charge is 0.379 e. The van der Waals surface area contributed by atoms with Crippen LogP contribution in [0.3, 0.4) is 0 Å². The lowest BCUT2D eigenvalue weighted by Gasteiger charge is -2.26. The van der Waals surface area contributed by atoms with Gasteiger partial charge in [-0.3, -0.25) is 19.4 Å². The van der Waals surface area contributed by atoms with Crippen LogP contribution in [0.2, 0.25) is 0 Å². The molecule has 2 saturated heterocycles. The lowest BCUT2D eigenvalue weighted by molar-refractivity contribution is -0.121. The van der Waals surface area contributed by atoms with Crippen LogP contribution in [0.4, 0.5) is 0 Å². The normalized spacial score (nSPS) is 18.1. The van der Waals surface area contributed by atoms with Gasteiger partial charge >= 0.3 is 0 Å². The van der Waals surface area contributed by atoms with Crippen molar-refractivity contribution >= 4 is 11.8 Å². The van der Waals surface area contributed by atoms with E-state index in [1.807, 2.05) is 24.3 Å². The number of carbonyl (C=O) groups is 2. The highest BCUT2D eigenvalue weighted by Crippen LogP contribution is 2.06. The van der Waals surface area contributed by atoms with Gasteiger partial charge in [0.05, 0.1) is 39.3 Å². The van der Waals surface area contributed by atoms with Gasteiger partial charge in [-0.05, 0) is 11.1 Å². The van der Waals surface area contributed by atoms with Crippen molar-refractivity contribution in [3.8, 4) is 0 Å². The summed E-state index contributed by atoms with van der Waals surface area (Å²) < 4.78 is 10.6. The predicted octanol–water partition coefficient (Wildman–Crippen LogP) is -0.332. The van der Waals surface area contributed by atoms with Crippen molar-refractivity contribution in [3.05, 3.63) is 35.4 Å². The molecule has 2 aliphatic heterocycles. The first-order valence-corrected chi connectivity index (χ1v) is 10.9. The summed E-state index contributed by atoms with van der Waals surface area (Å²) in [4.78, 5) is 28.9. The van der Waals surface area contributed by atoms with Crippen LogP contribution in [-0.2, 0) is 31.9 Å². The van der Waals surface area contributed by atoms with Crippen LogP contribution in [0, 0.1) is 0 Å². The van der Waals surface area contributed by atoms with Crippen molar-refractivity contribution in [1.29, 1.82) is 0 Å². The number of nitrogens with one attached hydrogen (secondary N) is 2. The molecular formula is C22H34N4O4. The third kappa shape index (κ3) is 8.39. The zero-order valence-corrected chi connectivity index (χ0v) is 17.7. The molecule has 0 aromatic heterocycles. The van der Waals surface area contributed by atoms with Gasteiger partial charge in [-0.25, -0.2) is 0 Å². The summed E-state index contributed by atoms with van der Waals surface area (Å²) in [5.74, 6) is 0.0498. The Kier molecular flexibility index (Phi) is 9.56. The zero-order valence-electron chi connectivity index (χ0n) is 17.7. The Balaban J connectivity index is 1.29. The summed E-state index contributed by atoms with van der Waals surface area (Å²) in [6.45, 7) is 9.82. The Labute approximate surface area is 178 Å². The molecule has 3 rings (SSSR count). The van der Waals surface area contributed by atoms with Crippen LogP contribution in [0.15, 0.2) is 24.3 Å². The van der Waals surface area contributed by atoms with E-state index in [4.69, 9.17) is 9.47 Å². The predicted molar refractivity (Wildman–Crippen MR) is 114 cm³/mol. The number of nitrogens with zero attached hydrogens (tertiary/aromatic N) is 2. The average molecular weight is 419 g/mol. The first kappa shape index (κ1) is 22.7. The standard InChI is InChI=1S/C22H34N4O4/c27-21(23-5-7-25-9-13-29-14-10-25)17-19-1-2-20(4-3-19)18-22(28)24-6-8-26-11-15-30-16-12-26/h1-4H,5-18H2,(H,23,27)(H,24,28). The molecule has 2 fully saturated rings. The molecule has 0 saturated carbocycles. The molecule has 1 aromatic carbocycles. The minimum absolute atomic E-state index is 0.0249. The summed E-state index contributed by atoms with van der Waals surface area (Å²) in [5.41, 5.74) is 1.91. The second-order valence-electron chi connectivity index (χ2n) is 7.78. The molecule has 166 valence electrons. The first-order valence-electron chi connectivity index (χ1n) is 10.9. The smallest absolute Gasteiger partial charge is 0.224 e. The van der Waals surface area contributed by atoms with Crippen LogP contribution >= 0.6 is 0 Å². The summed E-state index contributed by atoms with van der Waals surface area (Å²) in [6, 6.07) is 7.71. The number of hydrogen-bond acceptors (Lipinski definition) is 6. The van der Waals surface area contributed by atoms with Gasteiger partial charge in [-0.2, -0.15) is 0 Å². The topological polar surface area (TPSA) is 83.1 Å². The van der Waals surface area contributed by atoms with Crippen molar-refractivity contribution in [1.82, 2.24) is 20.4 Å². The molecule has 8 heteroatoms. The fraction of sp³-hybridized carbons (Fsp3) is 0.636. The van der Waals surface area contributed by atoms with E-state index < -0.39 is 0 Å². The van der Waals surface area contributed by atoms with Crippen LogP contribution < -0.4 is 10.6 Å². The second kappa shape index (κ2) is 12.6. The van der Waals surface area contributed by atoms with E-state index in [0.717, 1.165) is 76.8 Å². The molecule has 2 amide bonds. The number of carbonyl (C=O) groups excluding carboxylic acids is 2. The van der Waals surface area contributed by atoms with Crippen LogP contribution in [0.5, 0.6) is 0 Å². The number of benzene rings is 1. The number of ether oxygens (including phenoxy) is 2. The highest BCUT2D eigenvalue weighted by Gasteiger charge is 2.12. The van der Waals surface area contributed by atoms with Crippen molar-refractivity contribution in [2.45, 2.75) is 12.8 Å². The highest BCUT2D eigenvalue weighted by atomic mass is 16.5. The van der Waals surface area contributed by atoms with Gasteiger partial charge in [0.1, 0.15) is 0 Å². The van der Waals surface area contributed by atoms with E-state index in [1.165, 1.54) is 0 Å². The molecule has 1 aromatic rings. The molecule has 0 aliphatic carbocycles. The number of rotatable bonds is 10. The minimum atomic E-state index is 0.0249. The fourth-order valence-corrected chi connectivity index (χ4v) is 3.63. The fourth-order valence-electron chi connectivity index (χ4n) is 3.63. The van der Waals surface area contributed by atoms with Gasteiger partial charge < -0.3 is 20.1 Å². The quantitative estimate of drug-likeness (QED) is 0.541. The minimum Gasteiger partial charge on any atom is -0.379 e. The molecular weight excluding hydrogens is 384 g/mol. The van der Waals surface area contributed by atoms with Crippen molar-refractivity contribution in [3.63, 3.8) is 0 Å². The molecule has 0 atom stereocenters. The lowest BCUT2D eigenvalue weighted by Crippen LogP contribution is -2.41. The van der Waals surface area contributed by atoms with E-state index >= 15 is 0 Å². The molecule has 30 heavy (non-hydrogen) atoms. The maximum atomic E-state index is 12.1. The van der Waals surface area contributed by atoms with Gasteiger partial charge in [0, 0.05) is 52.4 Å². The SMILES string of the molecule is O=C(Cc1ccc(CC(=O)NCCN2CCOCC2)cc1)NCCN1CCOCC1. The number of hydrogen-bond donors (Lipinski definition) is 2. The maximum absolute atomic E-state index is 12.1. The summed E-state index contributed by atoms with van der Waals surface area (Å²) in [7, 11) is 0. The van der Waals surface area contributed by atoms with E-state index in [0.29, 0.717) is 25.9 Å². The van der Waals surface area contributed by atoms with E-state index in [-0.39, 0.29) is 11.8 Å². The Morgan fingerprint density at radius 1 is 0.700 bits per heavy atom. The van der Waals surface area contributed by atoms with Crippen LogP contribution in [0.1, 0.15) is 11.1 Å². The monoisotopic (exact) mass is 418 g/mol. The maximum Gasteiger partial charge on any atom is 0.224 e. The zero-order chi connectivity index (χ0) is 21.0. The summed E-state index contributed by atoms with van der Waals surface area (Å²) >= 11 is 0. The molecule has 2 heterocycles. The number of morpholine rings is 2. The van der Waals surface area contributed by atoms with Crippen molar-refractivity contribution in [2.75, 3.05) is 78.8 Å². The summed E-state index contributed by atoms with van der Waals surface area (Å²) in [5, 5.41) is 5.96. The Morgan fingerprint density at radius 3 is 1.43 bits per heavy atom. The van der Waals surface area contributed by atoms with Crippen molar-refractivity contribution < 1.29 is 19.1 Å². The molecule has 0 bridgehead atoms. The van der Waals surface area contributed by atoms with Gasteiger partial charge in [0.25, 0.3) is 0 Å². The highest BCUT2D eigenvalue weighted by molar-refractivity contribution is 5.79.